The van der Waals surface area contributed by atoms with E-state index in [4.69, 9.17) is 4.74 Å². The number of aliphatic hydroxyl groups is 1. The van der Waals surface area contributed by atoms with Gasteiger partial charge in [-0.15, -0.1) is 0 Å². The van der Waals surface area contributed by atoms with Crippen LogP contribution < -0.4 is 0 Å². The van der Waals surface area contributed by atoms with E-state index in [1.165, 1.54) is 0 Å². The Bertz CT molecular complexity index is 1320. The van der Waals surface area contributed by atoms with Crippen molar-refractivity contribution in [1.82, 2.24) is 9.21 Å². The number of hydrogen-bond acceptors (Lipinski definition) is 5. The molecule has 4 rings (SSSR count). The summed E-state index contributed by atoms with van der Waals surface area (Å²) in [4.78, 5) is 0.990. The standard InChI is InChI=1S/C27H29F3N2O4S/c1-19-7-5-6-10-22(19)27(20-8-3-2-4-9-20)36-18-21(33)17-31-13-15-32(16-14-31)37(34,35)24-12-11-23(28)25(29)26(24)30/h2-12,21,27,33H,13-18H2,1H3. The van der Waals surface area contributed by atoms with Crippen molar-refractivity contribution in [1.29, 1.82) is 0 Å². The first-order valence-corrected chi connectivity index (χ1v) is 13.4. The van der Waals surface area contributed by atoms with Crippen LogP contribution in [0, 0.1) is 24.4 Å². The van der Waals surface area contributed by atoms with Crippen LogP contribution in [0.4, 0.5) is 13.2 Å². The van der Waals surface area contributed by atoms with Crippen LogP contribution in [-0.2, 0) is 14.8 Å². The average molecular weight is 535 g/mol. The highest BCUT2D eigenvalue weighted by molar-refractivity contribution is 7.89. The lowest BCUT2D eigenvalue weighted by molar-refractivity contribution is -0.0118. The van der Waals surface area contributed by atoms with Gasteiger partial charge in [0, 0.05) is 32.7 Å². The number of sulfonamides is 1. The number of aryl methyl sites for hydroxylation is 1. The summed E-state index contributed by atoms with van der Waals surface area (Å²) in [6, 6.07) is 19.0. The molecule has 10 heteroatoms. The Hall–Kier alpha value is -2.76. The second-order valence-electron chi connectivity index (χ2n) is 9.01. The van der Waals surface area contributed by atoms with Crippen LogP contribution >= 0.6 is 0 Å². The quantitative estimate of drug-likeness (QED) is 0.422. The molecule has 3 aromatic rings. The van der Waals surface area contributed by atoms with Crippen LogP contribution in [0.15, 0.2) is 71.6 Å². The number of hydrogen-bond donors (Lipinski definition) is 1. The van der Waals surface area contributed by atoms with E-state index in [0.717, 1.165) is 27.1 Å². The highest BCUT2D eigenvalue weighted by Gasteiger charge is 2.33. The summed E-state index contributed by atoms with van der Waals surface area (Å²) in [5.74, 6) is -4.99. The van der Waals surface area contributed by atoms with Crippen molar-refractivity contribution in [3.63, 3.8) is 0 Å². The van der Waals surface area contributed by atoms with Crippen molar-refractivity contribution in [2.45, 2.75) is 24.0 Å². The molecule has 1 fully saturated rings. The predicted molar refractivity (Wildman–Crippen MR) is 133 cm³/mol. The number of nitrogens with zero attached hydrogens (tertiary/aromatic N) is 2. The molecule has 0 radical (unpaired) electrons. The summed E-state index contributed by atoms with van der Waals surface area (Å²) in [5, 5.41) is 10.7. The number of rotatable bonds is 9. The molecular formula is C27H29F3N2O4S. The van der Waals surface area contributed by atoms with Gasteiger partial charge in [-0.2, -0.15) is 4.31 Å². The molecule has 3 aromatic carbocycles. The molecule has 1 aliphatic heterocycles. The van der Waals surface area contributed by atoms with Gasteiger partial charge < -0.3 is 9.84 Å². The highest BCUT2D eigenvalue weighted by atomic mass is 32.2. The number of benzene rings is 3. The molecule has 0 spiro atoms. The molecule has 1 aliphatic rings. The van der Waals surface area contributed by atoms with Crippen molar-refractivity contribution in [2.75, 3.05) is 39.3 Å². The Morgan fingerprint density at radius 1 is 0.892 bits per heavy atom. The molecule has 0 bridgehead atoms. The van der Waals surface area contributed by atoms with Gasteiger partial charge in [0.2, 0.25) is 10.0 Å². The molecule has 0 amide bonds. The van der Waals surface area contributed by atoms with Crippen LogP contribution in [0.1, 0.15) is 22.8 Å². The Morgan fingerprint density at radius 3 is 2.22 bits per heavy atom. The lowest BCUT2D eigenvalue weighted by atomic mass is 9.97. The van der Waals surface area contributed by atoms with Gasteiger partial charge in [0.1, 0.15) is 11.0 Å². The van der Waals surface area contributed by atoms with Crippen LogP contribution in [0.3, 0.4) is 0 Å². The molecule has 0 aromatic heterocycles. The summed E-state index contributed by atoms with van der Waals surface area (Å²) >= 11 is 0. The monoisotopic (exact) mass is 534 g/mol. The van der Waals surface area contributed by atoms with E-state index in [9.17, 15) is 26.7 Å². The molecule has 1 N–H and O–H groups in total. The molecule has 0 aliphatic carbocycles. The maximum Gasteiger partial charge on any atom is 0.246 e. The van der Waals surface area contributed by atoms with E-state index in [2.05, 4.69) is 0 Å². The van der Waals surface area contributed by atoms with Crippen molar-refractivity contribution in [3.8, 4) is 0 Å². The number of β-amino-alcohol motifs (C(OH)–C–C–N with tert-alkyl or cyclic N) is 1. The second-order valence-corrected chi connectivity index (χ2v) is 10.9. The third-order valence-corrected chi connectivity index (χ3v) is 8.36. The van der Waals surface area contributed by atoms with Crippen molar-refractivity contribution in [2.24, 2.45) is 0 Å². The molecule has 0 saturated carbocycles. The second kappa shape index (κ2) is 11.7. The fraction of sp³-hybridized carbons (Fsp3) is 0.333. The minimum Gasteiger partial charge on any atom is -0.389 e. The summed E-state index contributed by atoms with van der Waals surface area (Å²) in [7, 11) is -4.33. The van der Waals surface area contributed by atoms with E-state index in [1.807, 2.05) is 66.4 Å². The Morgan fingerprint density at radius 2 is 1.54 bits per heavy atom. The van der Waals surface area contributed by atoms with Gasteiger partial charge in [-0.05, 0) is 35.7 Å². The van der Waals surface area contributed by atoms with Gasteiger partial charge in [-0.1, -0.05) is 54.6 Å². The predicted octanol–water partition coefficient (Wildman–Crippen LogP) is 3.89. The molecule has 2 unspecified atom stereocenters. The first-order chi connectivity index (χ1) is 17.7. The minimum atomic E-state index is -4.33. The molecule has 6 nitrogen and oxygen atoms in total. The molecule has 1 heterocycles. The van der Waals surface area contributed by atoms with Gasteiger partial charge in [0.05, 0.1) is 12.7 Å². The molecular weight excluding hydrogens is 505 g/mol. The van der Waals surface area contributed by atoms with E-state index in [0.29, 0.717) is 6.07 Å². The smallest absolute Gasteiger partial charge is 0.246 e. The fourth-order valence-corrected chi connectivity index (χ4v) is 5.91. The van der Waals surface area contributed by atoms with Crippen LogP contribution in [0.5, 0.6) is 0 Å². The molecule has 1 saturated heterocycles. The third-order valence-electron chi connectivity index (χ3n) is 6.45. The number of aliphatic hydroxyl groups excluding tert-OH is 1. The topological polar surface area (TPSA) is 70.1 Å². The number of piperazine rings is 1. The Labute approximate surface area is 215 Å². The van der Waals surface area contributed by atoms with Gasteiger partial charge in [-0.3, -0.25) is 4.90 Å². The zero-order valence-electron chi connectivity index (χ0n) is 20.4. The maximum absolute atomic E-state index is 14.1. The van der Waals surface area contributed by atoms with Crippen LogP contribution in [-0.4, -0.2) is 68.2 Å². The Kier molecular flexibility index (Phi) is 8.66. The number of halogens is 3. The fourth-order valence-electron chi connectivity index (χ4n) is 4.43. The number of ether oxygens (including phenoxy) is 1. The van der Waals surface area contributed by atoms with Crippen molar-refractivity contribution < 1.29 is 31.4 Å². The largest absolute Gasteiger partial charge is 0.389 e. The van der Waals surface area contributed by atoms with E-state index in [-0.39, 0.29) is 45.4 Å². The van der Waals surface area contributed by atoms with Crippen LogP contribution in [0.25, 0.3) is 0 Å². The first kappa shape index (κ1) is 27.3. The summed E-state index contributed by atoms with van der Waals surface area (Å²) in [6.45, 7) is 2.91. The van der Waals surface area contributed by atoms with Gasteiger partial charge in [0.15, 0.2) is 17.5 Å². The molecule has 2 atom stereocenters. The SMILES string of the molecule is Cc1ccccc1C(OCC(O)CN1CCN(S(=O)(=O)c2ccc(F)c(F)c2F)CC1)c1ccccc1. The lowest BCUT2D eigenvalue weighted by Crippen LogP contribution is -2.50. The third kappa shape index (κ3) is 6.22. The Balaban J connectivity index is 1.35. The van der Waals surface area contributed by atoms with E-state index in [1.54, 1.807) is 0 Å². The minimum absolute atomic E-state index is 0.0181. The summed E-state index contributed by atoms with van der Waals surface area (Å²) in [6.07, 6.45) is -1.19. The summed E-state index contributed by atoms with van der Waals surface area (Å²) < 4.78 is 73.7. The zero-order valence-corrected chi connectivity index (χ0v) is 21.2. The van der Waals surface area contributed by atoms with Crippen molar-refractivity contribution in [3.05, 3.63) is 101 Å². The van der Waals surface area contributed by atoms with Gasteiger partial charge >= 0.3 is 0 Å². The molecule has 37 heavy (non-hydrogen) atoms. The zero-order chi connectivity index (χ0) is 26.6. The van der Waals surface area contributed by atoms with Crippen LogP contribution in [0.2, 0.25) is 0 Å². The van der Waals surface area contributed by atoms with Gasteiger partial charge in [-0.25, -0.2) is 21.6 Å². The van der Waals surface area contributed by atoms with Crippen molar-refractivity contribution >= 4 is 10.0 Å². The average Bonchev–Trinajstić information content (AvgIpc) is 2.89. The first-order valence-electron chi connectivity index (χ1n) is 11.9. The highest BCUT2D eigenvalue weighted by Crippen LogP contribution is 2.29. The maximum atomic E-state index is 14.1. The normalized spacial score (nSPS) is 17.0. The lowest BCUT2D eigenvalue weighted by Gasteiger charge is -2.35. The van der Waals surface area contributed by atoms with E-state index >= 15 is 0 Å². The van der Waals surface area contributed by atoms with Gasteiger partial charge in [0.25, 0.3) is 0 Å². The summed E-state index contributed by atoms with van der Waals surface area (Å²) in [5.41, 5.74) is 3.04. The molecule has 198 valence electrons. The van der Waals surface area contributed by atoms with E-state index < -0.39 is 38.5 Å².